The summed E-state index contributed by atoms with van der Waals surface area (Å²) < 4.78 is 5.65. The highest BCUT2D eigenvalue weighted by Gasteiger charge is 2.44. The zero-order chi connectivity index (χ0) is 18.8. The Hall–Kier alpha value is -2.31. The van der Waals surface area contributed by atoms with Gasteiger partial charge in [-0.3, -0.25) is 4.90 Å². The van der Waals surface area contributed by atoms with Crippen LogP contribution in [0.3, 0.4) is 0 Å². The lowest BCUT2D eigenvalue weighted by Gasteiger charge is -2.42. The third-order valence-electron chi connectivity index (χ3n) is 5.78. The predicted octanol–water partition coefficient (Wildman–Crippen LogP) is 3.42. The molecule has 2 atom stereocenters. The molecule has 2 unspecified atom stereocenters. The standard InChI is InChI=1S/C20H27N5O2/c1-20(2,3)27-19(26)25-13-6-7-14(25)11-24(10-13)15-8-9-21-18-16(15)22-17(23-18)12-4-5-12/h8-9,12-14H,4-7,10-11H2,1-3H3,(H,21,22,23). The van der Waals surface area contributed by atoms with Crippen LogP contribution in [0.2, 0.25) is 0 Å². The smallest absolute Gasteiger partial charge is 0.410 e. The first-order valence-electron chi connectivity index (χ1n) is 10.00. The maximum Gasteiger partial charge on any atom is 0.410 e. The van der Waals surface area contributed by atoms with Crippen LogP contribution >= 0.6 is 0 Å². The van der Waals surface area contributed by atoms with Gasteiger partial charge in [0.15, 0.2) is 5.65 Å². The van der Waals surface area contributed by atoms with Crippen molar-refractivity contribution >= 4 is 22.9 Å². The molecular weight excluding hydrogens is 342 g/mol. The van der Waals surface area contributed by atoms with Gasteiger partial charge in [-0.15, -0.1) is 0 Å². The average Bonchev–Trinajstić information content (AvgIpc) is 3.29. The molecule has 144 valence electrons. The second kappa shape index (κ2) is 5.84. The summed E-state index contributed by atoms with van der Waals surface area (Å²) in [6, 6.07) is 2.47. The fourth-order valence-electron chi connectivity index (χ4n) is 4.44. The highest BCUT2D eigenvalue weighted by atomic mass is 16.6. The third kappa shape index (κ3) is 3.03. The molecular formula is C20H27N5O2. The maximum absolute atomic E-state index is 12.7. The lowest BCUT2D eigenvalue weighted by Crippen LogP contribution is -2.56. The predicted molar refractivity (Wildman–Crippen MR) is 103 cm³/mol. The molecule has 1 amide bonds. The number of piperazine rings is 1. The number of pyridine rings is 1. The number of imidazole rings is 1. The van der Waals surface area contributed by atoms with Crippen molar-refractivity contribution in [3.8, 4) is 0 Å². The first-order valence-corrected chi connectivity index (χ1v) is 10.00. The minimum atomic E-state index is -0.458. The van der Waals surface area contributed by atoms with Crippen molar-refractivity contribution in [2.75, 3.05) is 18.0 Å². The number of ether oxygens (including phenoxy) is 1. The number of aromatic nitrogens is 3. The minimum Gasteiger partial charge on any atom is -0.444 e. The Morgan fingerprint density at radius 3 is 2.52 bits per heavy atom. The molecule has 3 fully saturated rings. The summed E-state index contributed by atoms with van der Waals surface area (Å²) in [4.78, 5) is 29.7. The third-order valence-corrected chi connectivity index (χ3v) is 5.78. The summed E-state index contributed by atoms with van der Waals surface area (Å²) in [6.45, 7) is 7.42. The Morgan fingerprint density at radius 2 is 1.89 bits per heavy atom. The largest absolute Gasteiger partial charge is 0.444 e. The van der Waals surface area contributed by atoms with Gasteiger partial charge in [0.05, 0.1) is 17.8 Å². The van der Waals surface area contributed by atoms with Crippen molar-refractivity contribution in [1.82, 2.24) is 19.9 Å². The van der Waals surface area contributed by atoms with Crippen LogP contribution in [0.25, 0.3) is 11.2 Å². The van der Waals surface area contributed by atoms with Gasteiger partial charge in [-0.25, -0.2) is 14.8 Å². The minimum absolute atomic E-state index is 0.174. The second-order valence-electron chi connectivity index (χ2n) is 9.10. The van der Waals surface area contributed by atoms with Crippen molar-refractivity contribution in [1.29, 1.82) is 0 Å². The number of hydrogen-bond acceptors (Lipinski definition) is 5. The van der Waals surface area contributed by atoms with Crippen LogP contribution in [0.1, 0.15) is 58.2 Å². The zero-order valence-electron chi connectivity index (χ0n) is 16.2. The zero-order valence-corrected chi connectivity index (χ0v) is 16.2. The van der Waals surface area contributed by atoms with Crippen molar-refractivity contribution < 1.29 is 9.53 Å². The van der Waals surface area contributed by atoms with Crippen LogP contribution in [0.15, 0.2) is 12.3 Å². The fraction of sp³-hybridized carbons (Fsp3) is 0.650. The van der Waals surface area contributed by atoms with E-state index in [0.717, 1.165) is 48.6 Å². The Kier molecular flexibility index (Phi) is 3.64. The number of nitrogens with zero attached hydrogens (tertiary/aromatic N) is 4. The van der Waals surface area contributed by atoms with Gasteiger partial charge in [-0.2, -0.15) is 0 Å². The highest BCUT2D eigenvalue weighted by Crippen LogP contribution is 2.40. The van der Waals surface area contributed by atoms with E-state index in [4.69, 9.17) is 4.74 Å². The molecule has 1 N–H and O–H groups in total. The van der Waals surface area contributed by atoms with E-state index in [-0.39, 0.29) is 18.2 Å². The number of carbonyl (C=O) groups excluding carboxylic acids is 1. The summed E-state index contributed by atoms with van der Waals surface area (Å²) in [5, 5.41) is 0. The van der Waals surface area contributed by atoms with Gasteiger partial charge in [0.2, 0.25) is 0 Å². The molecule has 0 spiro atoms. The number of anilines is 1. The molecule has 1 saturated carbocycles. The molecule has 3 aliphatic rings. The number of aromatic amines is 1. The molecule has 0 aromatic carbocycles. The van der Waals surface area contributed by atoms with Crippen molar-refractivity contribution in [2.45, 2.75) is 70.1 Å². The summed E-state index contributed by atoms with van der Waals surface area (Å²) in [5.41, 5.74) is 2.53. The van der Waals surface area contributed by atoms with Gasteiger partial charge in [-0.1, -0.05) is 0 Å². The molecule has 5 rings (SSSR count). The van der Waals surface area contributed by atoms with Crippen LogP contribution in [0, 0.1) is 0 Å². The van der Waals surface area contributed by atoms with Crippen molar-refractivity contribution in [3.63, 3.8) is 0 Å². The molecule has 7 nitrogen and oxygen atoms in total. The molecule has 2 bridgehead atoms. The van der Waals surface area contributed by atoms with Crippen molar-refractivity contribution in [2.24, 2.45) is 0 Å². The Morgan fingerprint density at radius 1 is 1.19 bits per heavy atom. The molecule has 2 aromatic heterocycles. The second-order valence-corrected chi connectivity index (χ2v) is 9.10. The number of fused-ring (bicyclic) bond motifs is 3. The van der Waals surface area contributed by atoms with Gasteiger partial charge in [0, 0.05) is 25.2 Å². The quantitative estimate of drug-likeness (QED) is 0.878. The maximum atomic E-state index is 12.7. The summed E-state index contributed by atoms with van der Waals surface area (Å²) in [5.74, 6) is 1.65. The van der Waals surface area contributed by atoms with Crippen LogP contribution < -0.4 is 4.90 Å². The lowest BCUT2D eigenvalue weighted by molar-refractivity contribution is 0.0123. The molecule has 2 aromatic rings. The van der Waals surface area contributed by atoms with E-state index in [9.17, 15) is 4.79 Å². The van der Waals surface area contributed by atoms with E-state index >= 15 is 0 Å². The van der Waals surface area contributed by atoms with Crippen LogP contribution in [0.5, 0.6) is 0 Å². The molecule has 4 heterocycles. The highest BCUT2D eigenvalue weighted by molar-refractivity contribution is 5.86. The van der Waals surface area contributed by atoms with E-state index in [0.29, 0.717) is 5.92 Å². The van der Waals surface area contributed by atoms with Crippen LogP contribution in [-0.2, 0) is 4.74 Å². The van der Waals surface area contributed by atoms with Crippen LogP contribution in [-0.4, -0.2) is 56.7 Å². The lowest BCUT2D eigenvalue weighted by atomic mass is 10.1. The average molecular weight is 369 g/mol. The summed E-state index contributed by atoms with van der Waals surface area (Å²) in [6.07, 6.45) is 6.17. The first kappa shape index (κ1) is 16.8. The van der Waals surface area contributed by atoms with Gasteiger partial charge < -0.3 is 14.6 Å². The van der Waals surface area contributed by atoms with Gasteiger partial charge >= 0.3 is 6.09 Å². The van der Waals surface area contributed by atoms with Gasteiger partial charge in [-0.05, 0) is 52.5 Å². The fourth-order valence-corrected chi connectivity index (χ4v) is 4.44. The molecule has 1 aliphatic carbocycles. The molecule has 27 heavy (non-hydrogen) atoms. The number of carbonyl (C=O) groups is 1. The molecule has 0 radical (unpaired) electrons. The van der Waals surface area contributed by atoms with Gasteiger partial charge in [0.25, 0.3) is 0 Å². The SMILES string of the molecule is CC(C)(C)OC(=O)N1C2CCC1CN(c1ccnc3nc(C4CC4)[nH]c13)C2. The van der Waals surface area contributed by atoms with E-state index in [1.165, 1.54) is 12.8 Å². The number of rotatable bonds is 2. The number of H-pyrrole nitrogens is 1. The van der Waals surface area contributed by atoms with Gasteiger partial charge in [0.1, 0.15) is 16.9 Å². The van der Waals surface area contributed by atoms with E-state index in [1.54, 1.807) is 0 Å². The van der Waals surface area contributed by atoms with E-state index < -0.39 is 5.60 Å². The Bertz CT molecular complexity index is 868. The Labute approximate surface area is 159 Å². The van der Waals surface area contributed by atoms with E-state index in [1.807, 2.05) is 31.9 Å². The molecule has 2 aliphatic heterocycles. The summed E-state index contributed by atoms with van der Waals surface area (Å²) in [7, 11) is 0. The molecule has 2 saturated heterocycles. The topological polar surface area (TPSA) is 74.3 Å². The number of nitrogens with one attached hydrogen (secondary N) is 1. The van der Waals surface area contributed by atoms with E-state index in [2.05, 4.69) is 25.9 Å². The normalized spacial score (nSPS) is 25.3. The van der Waals surface area contributed by atoms with Crippen LogP contribution in [0.4, 0.5) is 10.5 Å². The molecule has 7 heteroatoms. The number of hydrogen-bond donors (Lipinski definition) is 1. The Balaban J connectivity index is 1.40. The summed E-state index contributed by atoms with van der Waals surface area (Å²) >= 11 is 0. The monoisotopic (exact) mass is 369 g/mol. The first-order chi connectivity index (χ1) is 12.9. The van der Waals surface area contributed by atoms with Crippen molar-refractivity contribution in [3.05, 3.63) is 18.1 Å². The number of amides is 1.